The van der Waals surface area contributed by atoms with E-state index in [1.807, 2.05) is 67.6 Å². The summed E-state index contributed by atoms with van der Waals surface area (Å²) >= 11 is 0. The van der Waals surface area contributed by atoms with E-state index in [1.165, 1.54) is 5.57 Å². The molecule has 0 aliphatic heterocycles. The lowest BCUT2D eigenvalue weighted by molar-refractivity contribution is 0.420. The monoisotopic (exact) mass is 486 g/mol. The predicted molar refractivity (Wildman–Crippen MR) is 144 cm³/mol. The van der Waals surface area contributed by atoms with Crippen LogP contribution in [0.3, 0.4) is 0 Å². The van der Waals surface area contributed by atoms with Gasteiger partial charge in [0.15, 0.2) is 0 Å². The van der Waals surface area contributed by atoms with Crippen molar-refractivity contribution in [3.05, 3.63) is 125 Å². The van der Waals surface area contributed by atoms with Gasteiger partial charge in [0.1, 0.15) is 0 Å². The summed E-state index contributed by atoms with van der Waals surface area (Å²) in [5.74, 6) is 0. The number of benzene rings is 3. The Morgan fingerprint density at radius 2 is 1.43 bits per heavy atom. The maximum Gasteiger partial charge on any atom is 0.241 e. The lowest BCUT2D eigenvalue weighted by Crippen LogP contribution is -2.39. The van der Waals surface area contributed by atoms with Gasteiger partial charge in [0, 0.05) is 0 Å². The highest BCUT2D eigenvalue weighted by Gasteiger charge is 2.29. The third kappa shape index (κ3) is 7.01. The van der Waals surface area contributed by atoms with Gasteiger partial charge in [-0.05, 0) is 62.4 Å². The summed E-state index contributed by atoms with van der Waals surface area (Å²) in [4.78, 5) is 0.271. The summed E-state index contributed by atoms with van der Waals surface area (Å²) in [5.41, 5.74) is 4.47. The van der Waals surface area contributed by atoms with E-state index in [0.717, 1.165) is 48.9 Å². The molecule has 0 saturated carbocycles. The van der Waals surface area contributed by atoms with Crippen LogP contribution < -0.4 is 10.0 Å². The van der Waals surface area contributed by atoms with Crippen molar-refractivity contribution in [1.82, 2.24) is 10.0 Å². The normalized spacial score (nSPS) is 15.4. The summed E-state index contributed by atoms with van der Waals surface area (Å²) in [6, 6.07) is 26.2. The fourth-order valence-electron chi connectivity index (χ4n) is 4.46. The minimum absolute atomic E-state index is 0.223. The molecule has 1 aliphatic carbocycles. The Balaban J connectivity index is 1.60. The SMILES string of the molecule is Cc1ccc(S(=O)(=O)N[C@H](c2ccccc2)[C@@H](NCCCC2=CCC=CC2)c2ccccc2)cc1. The molecule has 0 unspecified atom stereocenters. The van der Waals surface area contributed by atoms with Gasteiger partial charge in [0.2, 0.25) is 10.0 Å². The topological polar surface area (TPSA) is 58.2 Å². The van der Waals surface area contributed by atoms with Crippen LogP contribution in [0.1, 0.15) is 54.5 Å². The highest BCUT2D eigenvalue weighted by atomic mass is 32.2. The summed E-state index contributed by atoms with van der Waals surface area (Å²) in [6.45, 7) is 2.74. The van der Waals surface area contributed by atoms with Crippen LogP contribution in [-0.4, -0.2) is 15.0 Å². The van der Waals surface area contributed by atoms with Crippen molar-refractivity contribution < 1.29 is 8.42 Å². The molecule has 4 nitrogen and oxygen atoms in total. The Hall–Kier alpha value is -2.99. The van der Waals surface area contributed by atoms with Gasteiger partial charge < -0.3 is 5.32 Å². The molecule has 182 valence electrons. The van der Waals surface area contributed by atoms with Gasteiger partial charge in [-0.15, -0.1) is 0 Å². The largest absolute Gasteiger partial charge is 0.308 e. The molecule has 0 saturated heterocycles. The molecule has 35 heavy (non-hydrogen) atoms. The van der Waals surface area contributed by atoms with E-state index in [-0.39, 0.29) is 10.9 Å². The van der Waals surface area contributed by atoms with Gasteiger partial charge in [-0.1, -0.05) is 102 Å². The maximum atomic E-state index is 13.4. The minimum atomic E-state index is -3.73. The minimum Gasteiger partial charge on any atom is -0.308 e. The van der Waals surface area contributed by atoms with E-state index in [4.69, 9.17) is 0 Å². The molecule has 0 fully saturated rings. The van der Waals surface area contributed by atoms with Crippen molar-refractivity contribution in [2.24, 2.45) is 0 Å². The maximum absolute atomic E-state index is 13.4. The Kier molecular flexibility index (Phi) is 8.69. The second-order valence-corrected chi connectivity index (χ2v) is 10.8. The first-order valence-corrected chi connectivity index (χ1v) is 13.8. The van der Waals surface area contributed by atoms with E-state index >= 15 is 0 Å². The molecule has 0 spiro atoms. The lowest BCUT2D eigenvalue weighted by Gasteiger charge is -2.30. The van der Waals surface area contributed by atoms with Crippen LogP contribution in [0.4, 0.5) is 0 Å². The van der Waals surface area contributed by atoms with E-state index in [0.29, 0.717) is 0 Å². The Labute approximate surface area is 209 Å². The first kappa shape index (κ1) is 25.1. The zero-order chi connectivity index (χ0) is 24.5. The van der Waals surface area contributed by atoms with Gasteiger partial charge in [0.25, 0.3) is 0 Å². The lowest BCUT2D eigenvalue weighted by atomic mass is 9.93. The second kappa shape index (κ2) is 12.1. The molecule has 2 atom stereocenters. The average Bonchev–Trinajstić information content (AvgIpc) is 2.89. The second-order valence-electron chi connectivity index (χ2n) is 9.04. The quantitative estimate of drug-likeness (QED) is 0.243. The van der Waals surface area contributed by atoms with Gasteiger partial charge in [0.05, 0.1) is 17.0 Å². The zero-order valence-electron chi connectivity index (χ0n) is 20.2. The van der Waals surface area contributed by atoms with Crippen molar-refractivity contribution >= 4 is 10.0 Å². The molecule has 1 aliphatic rings. The zero-order valence-corrected chi connectivity index (χ0v) is 21.0. The highest BCUT2D eigenvalue weighted by molar-refractivity contribution is 7.89. The molecule has 0 heterocycles. The van der Waals surface area contributed by atoms with Crippen LogP contribution in [0, 0.1) is 6.92 Å². The van der Waals surface area contributed by atoms with Crippen LogP contribution in [0.25, 0.3) is 0 Å². The van der Waals surface area contributed by atoms with Crippen molar-refractivity contribution in [3.8, 4) is 0 Å². The van der Waals surface area contributed by atoms with Crippen LogP contribution in [0.15, 0.2) is 114 Å². The molecular weight excluding hydrogens is 452 g/mol. The first-order chi connectivity index (χ1) is 17.0. The van der Waals surface area contributed by atoms with Gasteiger partial charge in [-0.3, -0.25) is 0 Å². The van der Waals surface area contributed by atoms with E-state index in [2.05, 4.69) is 40.4 Å². The molecule has 2 N–H and O–H groups in total. The third-order valence-electron chi connectivity index (χ3n) is 6.39. The van der Waals surface area contributed by atoms with E-state index in [9.17, 15) is 8.42 Å². The summed E-state index contributed by atoms with van der Waals surface area (Å²) < 4.78 is 29.9. The number of allylic oxidation sites excluding steroid dienone is 4. The van der Waals surface area contributed by atoms with Crippen LogP contribution >= 0.6 is 0 Å². The van der Waals surface area contributed by atoms with Crippen molar-refractivity contribution in [2.45, 2.75) is 49.6 Å². The van der Waals surface area contributed by atoms with E-state index in [1.54, 1.807) is 12.1 Å². The fraction of sp³-hybridized carbons (Fsp3) is 0.267. The third-order valence-corrected chi connectivity index (χ3v) is 7.85. The van der Waals surface area contributed by atoms with Crippen LogP contribution in [0.2, 0.25) is 0 Å². The van der Waals surface area contributed by atoms with Gasteiger partial charge in [-0.2, -0.15) is 0 Å². The Bertz CT molecular complexity index is 1230. The Morgan fingerprint density at radius 1 is 0.800 bits per heavy atom. The molecule has 4 rings (SSSR count). The van der Waals surface area contributed by atoms with E-state index < -0.39 is 16.1 Å². The Morgan fingerprint density at radius 3 is 2.03 bits per heavy atom. The molecule has 0 bridgehead atoms. The smallest absolute Gasteiger partial charge is 0.241 e. The predicted octanol–water partition coefficient (Wildman–Crippen LogP) is 6.40. The molecule has 5 heteroatoms. The van der Waals surface area contributed by atoms with Crippen LogP contribution in [0.5, 0.6) is 0 Å². The number of rotatable bonds is 11. The molecule has 3 aromatic carbocycles. The number of hydrogen-bond acceptors (Lipinski definition) is 3. The number of nitrogens with one attached hydrogen (secondary N) is 2. The fourth-order valence-corrected chi connectivity index (χ4v) is 5.69. The summed E-state index contributed by atoms with van der Waals surface area (Å²) in [7, 11) is -3.73. The molecule has 3 aromatic rings. The number of hydrogen-bond donors (Lipinski definition) is 2. The molecule has 0 amide bonds. The van der Waals surface area contributed by atoms with Crippen LogP contribution in [-0.2, 0) is 10.0 Å². The standard InChI is InChI=1S/C30H34N2O2S/c1-24-19-21-28(22-20-24)35(33,34)32-30(27-17-9-4-10-18-27)29(26-15-7-3-8-16-26)31-23-11-14-25-12-5-2-6-13-25/h2-5,7-10,13,15-22,29-32H,6,11-12,14,23H2,1H3/t29-,30+/m0/s1. The van der Waals surface area contributed by atoms with Gasteiger partial charge >= 0.3 is 0 Å². The number of sulfonamides is 1. The van der Waals surface area contributed by atoms with Crippen molar-refractivity contribution in [2.75, 3.05) is 6.54 Å². The molecule has 0 aromatic heterocycles. The van der Waals surface area contributed by atoms with Crippen molar-refractivity contribution in [1.29, 1.82) is 0 Å². The van der Waals surface area contributed by atoms with Crippen molar-refractivity contribution in [3.63, 3.8) is 0 Å². The number of aryl methyl sites for hydroxylation is 1. The first-order valence-electron chi connectivity index (χ1n) is 12.3. The van der Waals surface area contributed by atoms with Gasteiger partial charge in [-0.25, -0.2) is 13.1 Å². The average molecular weight is 487 g/mol. The molecular formula is C30H34N2O2S. The summed E-state index contributed by atoms with van der Waals surface area (Å²) in [5, 5.41) is 3.69. The molecule has 0 radical (unpaired) electrons. The summed E-state index contributed by atoms with van der Waals surface area (Å²) in [6.07, 6.45) is 10.9. The highest BCUT2D eigenvalue weighted by Crippen LogP contribution is 2.31.